The van der Waals surface area contributed by atoms with Crippen molar-refractivity contribution in [3.63, 3.8) is 0 Å². The Morgan fingerprint density at radius 1 is 0.952 bits per heavy atom. The lowest BCUT2D eigenvalue weighted by Gasteiger charge is -2.10. The summed E-state index contributed by atoms with van der Waals surface area (Å²) in [5, 5.41) is 2.51. The molecule has 0 saturated carbocycles. The Morgan fingerprint density at radius 2 is 1.76 bits per heavy atom. The van der Waals surface area contributed by atoms with E-state index in [4.69, 9.17) is 10.5 Å². The van der Waals surface area contributed by atoms with E-state index in [1.165, 1.54) is 15.7 Å². The second-order valence-corrected chi connectivity index (χ2v) is 5.90. The Bertz CT molecular complexity index is 770. The van der Waals surface area contributed by atoms with Gasteiger partial charge >= 0.3 is 0 Å². The van der Waals surface area contributed by atoms with Crippen molar-refractivity contribution in [1.29, 1.82) is 0 Å². The van der Waals surface area contributed by atoms with Crippen molar-refractivity contribution in [2.75, 3.05) is 7.11 Å². The third kappa shape index (κ3) is 3.04. The van der Waals surface area contributed by atoms with Gasteiger partial charge in [0.1, 0.15) is 5.75 Å². The molecule has 0 heterocycles. The summed E-state index contributed by atoms with van der Waals surface area (Å²) in [5.41, 5.74) is 6.97. The van der Waals surface area contributed by atoms with Gasteiger partial charge in [0.25, 0.3) is 0 Å². The Labute approximate surface area is 128 Å². The molecule has 0 unspecified atom stereocenters. The van der Waals surface area contributed by atoms with Gasteiger partial charge in [0.05, 0.1) is 7.11 Å². The molecule has 0 bridgehead atoms. The van der Waals surface area contributed by atoms with Crippen molar-refractivity contribution in [2.45, 2.75) is 16.3 Å². The summed E-state index contributed by atoms with van der Waals surface area (Å²) in [5.74, 6) is 0.857. The van der Waals surface area contributed by atoms with E-state index in [-0.39, 0.29) is 0 Å². The summed E-state index contributed by atoms with van der Waals surface area (Å²) in [7, 11) is 1.68. The topological polar surface area (TPSA) is 35.2 Å². The van der Waals surface area contributed by atoms with E-state index in [1.807, 2.05) is 18.2 Å². The highest BCUT2D eigenvalue weighted by atomic mass is 32.2. The van der Waals surface area contributed by atoms with E-state index in [1.54, 1.807) is 18.9 Å². The molecular weight excluding hydrogens is 278 g/mol. The highest BCUT2D eigenvalue weighted by molar-refractivity contribution is 7.99. The molecule has 3 rings (SSSR count). The maximum Gasteiger partial charge on any atom is 0.120 e. The molecule has 0 aromatic heterocycles. The van der Waals surface area contributed by atoms with Gasteiger partial charge in [0.2, 0.25) is 0 Å². The zero-order valence-corrected chi connectivity index (χ0v) is 12.7. The summed E-state index contributed by atoms with van der Waals surface area (Å²) in [6.45, 7) is 0.528. The molecule has 3 heteroatoms. The largest absolute Gasteiger partial charge is 0.497 e. The first-order valence-electron chi connectivity index (χ1n) is 6.84. The molecule has 0 radical (unpaired) electrons. The third-order valence-corrected chi connectivity index (χ3v) is 4.53. The van der Waals surface area contributed by atoms with Gasteiger partial charge in [-0.25, -0.2) is 0 Å². The van der Waals surface area contributed by atoms with Gasteiger partial charge in [-0.3, -0.25) is 0 Å². The van der Waals surface area contributed by atoms with Gasteiger partial charge in [-0.1, -0.05) is 48.2 Å². The molecule has 0 amide bonds. The second-order valence-electron chi connectivity index (χ2n) is 4.79. The van der Waals surface area contributed by atoms with Gasteiger partial charge < -0.3 is 10.5 Å². The highest BCUT2D eigenvalue weighted by Crippen LogP contribution is 2.34. The number of nitrogens with two attached hydrogens (primary N) is 1. The van der Waals surface area contributed by atoms with Crippen LogP contribution in [0.5, 0.6) is 5.75 Å². The summed E-state index contributed by atoms with van der Waals surface area (Å²) >= 11 is 1.72. The molecule has 0 fully saturated rings. The van der Waals surface area contributed by atoms with Crippen molar-refractivity contribution in [3.8, 4) is 5.75 Å². The molecular formula is C18H17NOS. The van der Waals surface area contributed by atoms with E-state index in [0.717, 1.165) is 16.2 Å². The second kappa shape index (κ2) is 6.20. The minimum Gasteiger partial charge on any atom is -0.497 e. The standard InChI is InChI=1S/C18H17NOS/c1-20-16-8-6-15(12-19)18(11-16)21-17-9-7-13-4-2-3-5-14(13)10-17/h2-11H,12,19H2,1H3. The average molecular weight is 295 g/mol. The zero-order chi connectivity index (χ0) is 14.7. The van der Waals surface area contributed by atoms with E-state index in [2.05, 4.69) is 42.5 Å². The lowest BCUT2D eigenvalue weighted by atomic mass is 10.1. The molecule has 0 aliphatic heterocycles. The SMILES string of the molecule is COc1ccc(CN)c(Sc2ccc3ccccc3c2)c1. The third-order valence-electron chi connectivity index (χ3n) is 3.44. The predicted molar refractivity (Wildman–Crippen MR) is 89.0 cm³/mol. The Kier molecular flexibility index (Phi) is 4.13. The number of rotatable bonds is 4. The summed E-state index contributed by atoms with van der Waals surface area (Å²) in [6, 6.07) is 20.9. The van der Waals surface area contributed by atoms with Crippen molar-refractivity contribution in [2.24, 2.45) is 5.73 Å². The number of hydrogen-bond donors (Lipinski definition) is 1. The van der Waals surface area contributed by atoms with E-state index in [0.29, 0.717) is 6.54 Å². The van der Waals surface area contributed by atoms with E-state index >= 15 is 0 Å². The van der Waals surface area contributed by atoms with Gasteiger partial charge in [0.15, 0.2) is 0 Å². The van der Waals surface area contributed by atoms with Crippen LogP contribution in [0.3, 0.4) is 0 Å². The van der Waals surface area contributed by atoms with Crippen molar-refractivity contribution >= 4 is 22.5 Å². The quantitative estimate of drug-likeness (QED) is 0.772. The van der Waals surface area contributed by atoms with Crippen LogP contribution in [0.1, 0.15) is 5.56 Å². The van der Waals surface area contributed by atoms with Crippen LogP contribution in [0, 0.1) is 0 Å². The molecule has 0 aliphatic carbocycles. The minimum atomic E-state index is 0.528. The fourth-order valence-corrected chi connectivity index (χ4v) is 3.32. The first kappa shape index (κ1) is 14.0. The Morgan fingerprint density at radius 3 is 2.52 bits per heavy atom. The highest BCUT2D eigenvalue weighted by Gasteiger charge is 2.06. The van der Waals surface area contributed by atoms with Crippen LogP contribution < -0.4 is 10.5 Å². The average Bonchev–Trinajstić information content (AvgIpc) is 2.54. The summed E-state index contributed by atoms with van der Waals surface area (Å²) in [6.07, 6.45) is 0. The molecule has 2 N–H and O–H groups in total. The number of fused-ring (bicyclic) bond motifs is 1. The summed E-state index contributed by atoms with van der Waals surface area (Å²) < 4.78 is 5.31. The van der Waals surface area contributed by atoms with Gasteiger partial charge in [-0.15, -0.1) is 0 Å². The van der Waals surface area contributed by atoms with Crippen LogP contribution in [0.4, 0.5) is 0 Å². The van der Waals surface area contributed by atoms with Gasteiger partial charge in [0, 0.05) is 16.3 Å². The van der Waals surface area contributed by atoms with Crippen LogP contribution in [0.25, 0.3) is 10.8 Å². The molecule has 21 heavy (non-hydrogen) atoms. The zero-order valence-electron chi connectivity index (χ0n) is 11.9. The fraction of sp³-hybridized carbons (Fsp3) is 0.111. The first-order chi connectivity index (χ1) is 10.3. The molecule has 3 aromatic carbocycles. The number of hydrogen-bond acceptors (Lipinski definition) is 3. The van der Waals surface area contributed by atoms with Crippen LogP contribution in [-0.2, 0) is 6.54 Å². The van der Waals surface area contributed by atoms with E-state index in [9.17, 15) is 0 Å². The van der Waals surface area contributed by atoms with Crippen molar-refractivity contribution in [1.82, 2.24) is 0 Å². The molecule has 2 nitrogen and oxygen atoms in total. The lowest BCUT2D eigenvalue weighted by Crippen LogP contribution is -1.98. The monoisotopic (exact) mass is 295 g/mol. The van der Waals surface area contributed by atoms with Gasteiger partial charge in [-0.2, -0.15) is 0 Å². The maximum absolute atomic E-state index is 5.83. The summed E-state index contributed by atoms with van der Waals surface area (Å²) in [4.78, 5) is 2.35. The van der Waals surface area contributed by atoms with E-state index < -0.39 is 0 Å². The van der Waals surface area contributed by atoms with Crippen LogP contribution in [0.15, 0.2) is 70.5 Å². The molecule has 0 atom stereocenters. The van der Waals surface area contributed by atoms with Crippen molar-refractivity contribution < 1.29 is 4.74 Å². The smallest absolute Gasteiger partial charge is 0.120 e. The van der Waals surface area contributed by atoms with Crippen LogP contribution in [0.2, 0.25) is 0 Å². The number of benzene rings is 3. The van der Waals surface area contributed by atoms with Crippen LogP contribution >= 0.6 is 11.8 Å². The van der Waals surface area contributed by atoms with Crippen LogP contribution in [-0.4, -0.2) is 7.11 Å². The maximum atomic E-state index is 5.83. The molecule has 0 spiro atoms. The molecule has 3 aromatic rings. The minimum absolute atomic E-state index is 0.528. The van der Waals surface area contributed by atoms with Gasteiger partial charge in [-0.05, 0) is 40.6 Å². The normalized spacial score (nSPS) is 10.8. The Hall–Kier alpha value is -1.97. The fourth-order valence-electron chi connectivity index (χ4n) is 2.28. The number of ether oxygens (including phenoxy) is 1. The number of methoxy groups -OCH3 is 1. The molecule has 106 valence electrons. The Balaban J connectivity index is 1.97. The molecule has 0 saturated heterocycles. The lowest BCUT2D eigenvalue weighted by molar-refractivity contribution is 0.413. The first-order valence-corrected chi connectivity index (χ1v) is 7.65. The predicted octanol–water partition coefficient (Wildman–Crippen LogP) is 4.46. The van der Waals surface area contributed by atoms with Crippen molar-refractivity contribution in [3.05, 3.63) is 66.2 Å². The molecule has 0 aliphatic rings.